The molecular weight excluding hydrogens is 332 g/mol. The van der Waals surface area contributed by atoms with Crippen LogP contribution in [0.25, 0.3) is 11.1 Å². The Kier molecular flexibility index (Phi) is 4.85. The number of benzene rings is 2. The fourth-order valence-electron chi connectivity index (χ4n) is 2.38. The number of carboxylic acids is 2. The van der Waals surface area contributed by atoms with Crippen molar-refractivity contribution in [2.45, 2.75) is 4.90 Å². The van der Waals surface area contributed by atoms with Gasteiger partial charge in [0.15, 0.2) is 9.84 Å². The first-order valence-corrected chi connectivity index (χ1v) is 8.47. The molecule has 0 saturated carbocycles. The van der Waals surface area contributed by atoms with Crippen molar-refractivity contribution in [3.8, 4) is 11.1 Å². The summed E-state index contributed by atoms with van der Waals surface area (Å²) in [5.74, 6) is -3.10. The van der Waals surface area contributed by atoms with E-state index in [0.29, 0.717) is 0 Å². The highest BCUT2D eigenvalue weighted by molar-refractivity contribution is 7.91. The van der Waals surface area contributed by atoms with Crippen LogP contribution in [0.15, 0.2) is 60.0 Å². The van der Waals surface area contributed by atoms with Crippen molar-refractivity contribution in [2.75, 3.05) is 5.75 Å². The lowest BCUT2D eigenvalue weighted by Crippen LogP contribution is -2.13. The van der Waals surface area contributed by atoms with Gasteiger partial charge in [-0.25, -0.2) is 18.0 Å². The van der Waals surface area contributed by atoms with Crippen molar-refractivity contribution < 1.29 is 28.2 Å². The molecule has 0 aliphatic heterocycles. The quantitative estimate of drug-likeness (QED) is 0.779. The number of sulfone groups is 1. The van der Waals surface area contributed by atoms with Crippen molar-refractivity contribution >= 4 is 21.8 Å². The van der Waals surface area contributed by atoms with Gasteiger partial charge in [-0.15, -0.1) is 6.58 Å². The Bertz CT molecular complexity index is 928. The maximum atomic E-state index is 12.3. The van der Waals surface area contributed by atoms with E-state index in [-0.39, 0.29) is 21.6 Å². The van der Waals surface area contributed by atoms with Gasteiger partial charge in [0, 0.05) is 0 Å². The predicted molar refractivity (Wildman–Crippen MR) is 88.0 cm³/mol. The van der Waals surface area contributed by atoms with Gasteiger partial charge in [0.05, 0.1) is 21.8 Å². The first-order chi connectivity index (χ1) is 11.3. The van der Waals surface area contributed by atoms with Gasteiger partial charge < -0.3 is 10.2 Å². The molecule has 0 amide bonds. The van der Waals surface area contributed by atoms with Crippen LogP contribution in [0.3, 0.4) is 0 Å². The first kappa shape index (κ1) is 17.4. The second kappa shape index (κ2) is 6.67. The summed E-state index contributed by atoms with van der Waals surface area (Å²) in [4.78, 5) is 22.7. The predicted octanol–water partition coefficient (Wildman–Crippen LogP) is 2.71. The highest BCUT2D eigenvalue weighted by atomic mass is 32.2. The van der Waals surface area contributed by atoms with Crippen molar-refractivity contribution in [3.05, 3.63) is 66.2 Å². The Balaban J connectivity index is 2.86. The molecule has 2 aromatic carbocycles. The van der Waals surface area contributed by atoms with Crippen LogP contribution in [-0.2, 0) is 9.84 Å². The summed E-state index contributed by atoms with van der Waals surface area (Å²) in [6.07, 6.45) is 1.17. The fourth-order valence-corrected chi connectivity index (χ4v) is 3.67. The number of rotatable bonds is 6. The normalized spacial score (nSPS) is 11.0. The van der Waals surface area contributed by atoms with E-state index < -0.39 is 33.1 Å². The molecule has 0 spiro atoms. The van der Waals surface area contributed by atoms with E-state index in [4.69, 9.17) is 0 Å². The molecule has 0 radical (unpaired) electrons. The van der Waals surface area contributed by atoms with Gasteiger partial charge in [0.2, 0.25) is 0 Å². The van der Waals surface area contributed by atoms with Gasteiger partial charge in [-0.1, -0.05) is 36.4 Å². The molecule has 0 aromatic heterocycles. The van der Waals surface area contributed by atoms with Gasteiger partial charge in [-0.3, -0.25) is 0 Å². The molecule has 0 aliphatic rings. The zero-order valence-corrected chi connectivity index (χ0v) is 13.3. The van der Waals surface area contributed by atoms with Crippen LogP contribution in [0, 0.1) is 0 Å². The third-order valence-electron chi connectivity index (χ3n) is 3.36. The SMILES string of the molecule is C=CCS(=O)(=O)c1cccc(-c2ccccc2C(=O)O)c1C(=O)O. The Morgan fingerprint density at radius 1 is 0.958 bits per heavy atom. The lowest BCUT2D eigenvalue weighted by Gasteiger charge is -2.13. The van der Waals surface area contributed by atoms with E-state index in [1.165, 1.54) is 42.5 Å². The minimum absolute atomic E-state index is 0.0330. The number of aromatic carboxylic acids is 2. The van der Waals surface area contributed by atoms with E-state index in [0.717, 1.165) is 0 Å². The largest absolute Gasteiger partial charge is 0.478 e. The molecule has 0 bridgehead atoms. The average Bonchev–Trinajstić information content (AvgIpc) is 2.54. The Labute approximate surface area is 138 Å². The molecule has 0 atom stereocenters. The van der Waals surface area contributed by atoms with Gasteiger partial charge in [0.25, 0.3) is 0 Å². The van der Waals surface area contributed by atoms with E-state index in [1.807, 2.05) is 0 Å². The highest BCUT2D eigenvalue weighted by Gasteiger charge is 2.26. The summed E-state index contributed by atoms with van der Waals surface area (Å²) in [6, 6.07) is 9.79. The van der Waals surface area contributed by atoms with E-state index in [1.54, 1.807) is 6.07 Å². The molecule has 0 fully saturated rings. The van der Waals surface area contributed by atoms with Crippen LogP contribution in [0.1, 0.15) is 20.7 Å². The summed E-state index contributed by atoms with van der Waals surface area (Å²) < 4.78 is 24.6. The Morgan fingerprint density at radius 3 is 2.17 bits per heavy atom. The second-order valence-corrected chi connectivity index (χ2v) is 6.91. The molecule has 0 heterocycles. The molecule has 2 rings (SSSR count). The molecule has 24 heavy (non-hydrogen) atoms. The zero-order valence-electron chi connectivity index (χ0n) is 12.5. The minimum Gasteiger partial charge on any atom is -0.478 e. The third-order valence-corrected chi connectivity index (χ3v) is 5.04. The molecule has 2 N–H and O–H groups in total. The maximum absolute atomic E-state index is 12.3. The summed E-state index contributed by atoms with van der Waals surface area (Å²) in [5, 5.41) is 18.8. The third kappa shape index (κ3) is 3.21. The summed E-state index contributed by atoms with van der Waals surface area (Å²) in [7, 11) is -3.90. The number of hydrogen-bond acceptors (Lipinski definition) is 4. The van der Waals surface area contributed by atoms with Crippen LogP contribution in [0.4, 0.5) is 0 Å². The Hall–Kier alpha value is -2.93. The molecule has 7 heteroatoms. The molecular formula is C17H14O6S. The molecule has 0 saturated heterocycles. The summed E-state index contributed by atoms with van der Waals surface area (Å²) in [5.41, 5.74) is -0.394. The van der Waals surface area contributed by atoms with E-state index >= 15 is 0 Å². The van der Waals surface area contributed by atoms with E-state index in [9.17, 15) is 28.2 Å². The van der Waals surface area contributed by atoms with Gasteiger partial charge in [0.1, 0.15) is 0 Å². The van der Waals surface area contributed by atoms with Crippen LogP contribution in [0.2, 0.25) is 0 Å². The van der Waals surface area contributed by atoms with Gasteiger partial charge >= 0.3 is 11.9 Å². The highest BCUT2D eigenvalue weighted by Crippen LogP contribution is 2.32. The van der Waals surface area contributed by atoms with Gasteiger partial charge in [-0.05, 0) is 23.3 Å². The topological polar surface area (TPSA) is 109 Å². The van der Waals surface area contributed by atoms with Crippen LogP contribution >= 0.6 is 0 Å². The zero-order chi connectivity index (χ0) is 17.9. The maximum Gasteiger partial charge on any atom is 0.337 e. The van der Waals surface area contributed by atoms with Gasteiger partial charge in [-0.2, -0.15) is 0 Å². The molecule has 6 nitrogen and oxygen atoms in total. The van der Waals surface area contributed by atoms with Crippen LogP contribution in [-0.4, -0.2) is 36.3 Å². The summed E-state index contributed by atoms with van der Waals surface area (Å²) in [6.45, 7) is 3.36. The first-order valence-electron chi connectivity index (χ1n) is 6.82. The monoisotopic (exact) mass is 346 g/mol. The number of hydrogen-bond donors (Lipinski definition) is 2. The number of carboxylic acid groups (broad SMARTS) is 2. The fraction of sp³-hybridized carbons (Fsp3) is 0.0588. The molecule has 0 aliphatic carbocycles. The lowest BCUT2D eigenvalue weighted by atomic mass is 9.95. The summed E-state index contributed by atoms with van der Waals surface area (Å²) >= 11 is 0. The minimum atomic E-state index is -3.90. The molecule has 124 valence electrons. The van der Waals surface area contributed by atoms with Crippen LogP contribution < -0.4 is 0 Å². The number of carbonyl (C=O) groups is 2. The smallest absolute Gasteiger partial charge is 0.337 e. The standard InChI is InChI=1S/C17H14O6S/c1-2-10-24(22,23)14-9-5-8-12(15(14)17(20)21)11-6-3-4-7-13(11)16(18)19/h2-9H,1,10H2,(H,18,19)(H,20,21). The molecule has 2 aromatic rings. The van der Waals surface area contributed by atoms with Crippen molar-refractivity contribution in [1.29, 1.82) is 0 Å². The molecule has 0 unspecified atom stereocenters. The van der Waals surface area contributed by atoms with E-state index in [2.05, 4.69) is 6.58 Å². The second-order valence-electron chi connectivity index (χ2n) is 4.90. The van der Waals surface area contributed by atoms with Crippen molar-refractivity contribution in [1.82, 2.24) is 0 Å². The Morgan fingerprint density at radius 2 is 1.58 bits per heavy atom. The average molecular weight is 346 g/mol. The van der Waals surface area contributed by atoms with Crippen LogP contribution in [0.5, 0.6) is 0 Å². The lowest BCUT2D eigenvalue weighted by molar-refractivity contribution is 0.0682. The van der Waals surface area contributed by atoms with Crippen molar-refractivity contribution in [2.24, 2.45) is 0 Å². The van der Waals surface area contributed by atoms with Crippen molar-refractivity contribution in [3.63, 3.8) is 0 Å².